The maximum atomic E-state index is 12.0. The molecule has 0 atom stereocenters. The Kier molecular flexibility index (Phi) is 4.90. The minimum Gasteiger partial charge on any atom is -0.445 e. The summed E-state index contributed by atoms with van der Waals surface area (Å²) in [5, 5.41) is 5.00. The van der Waals surface area contributed by atoms with Crippen molar-refractivity contribution in [2.24, 2.45) is 0 Å². The van der Waals surface area contributed by atoms with Crippen molar-refractivity contribution >= 4 is 27.7 Å². The lowest BCUT2D eigenvalue weighted by Gasteiger charge is -2.06. The molecule has 2 heterocycles. The summed E-state index contributed by atoms with van der Waals surface area (Å²) in [6.45, 7) is 2.33. The fourth-order valence-electron chi connectivity index (χ4n) is 2.20. The van der Waals surface area contributed by atoms with Gasteiger partial charge in [0.1, 0.15) is 6.61 Å². The van der Waals surface area contributed by atoms with E-state index in [1.165, 1.54) is 11.3 Å². The molecule has 1 N–H and O–H groups in total. The van der Waals surface area contributed by atoms with Crippen LogP contribution in [0.5, 0.6) is 0 Å². The van der Waals surface area contributed by atoms with Gasteiger partial charge in [-0.05, 0) is 23.4 Å². The van der Waals surface area contributed by atoms with Crippen LogP contribution in [-0.2, 0) is 17.8 Å². The van der Waals surface area contributed by atoms with Gasteiger partial charge in [0.15, 0.2) is 4.90 Å². The second-order valence-electron chi connectivity index (χ2n) is 5.23. The van der Waals surface area contributed by atoms with Crippen molar-refractivity contribution in [3.8, 4) is 0 Å². The Balaban J connectivity index is 1.51. The number of thiophene rings is 1. The highest BCUT2D eigenvalue weighted by Crippen LogP contribution is 2.22. The summed E-state index contributed by atoms with van der Waals surface area (Å²) in [6, 6.07) is 9.42. The zero-order valence-electron chi connectivity index (χ0n) is 13.1. The van der Waals surface area contributed by atoms with Crippen molar-refractivity contribution in [3.63, 3.8) is 0 Å². The molecule has 0 radical (unpaired) electrons. The van der Waals surface area contributed by atoms with E-state index >= 15 is 0 Å². The predicted molar refractivity (Wildman–Crippen MR) is 91.2 cm³/mol. The summed E-state index contributed by atoms with van der Waals surface area (Å²) in [5.41, 5.74) is 1.49. The number of carbonyl (C=O) groups excluding carboxylic acids is 1. The monoisotopic (exact) mass is 344 g/mol. The van der Waals surface area contributed by atoms with E-state index in [0.29, 0.717) is 22.6 Å². The molecule has 1 amide bonds. The molecule has 1 aromatic carbocycles. The van der Waals surface area contributed by atoms with Crippen LogP contribution < -0.4 is 10.9 Å². The van der Waals surface area contributed by atoms with E-state index in [-0.39, 0.29) is 18.7 Å². The van der Waals surface area contributed by atoms with E-state index in [0.717, 1.165) is 11.1 Å². The summed E-state index contributed by atoms with van der Waals surface area (Å²) in [7, 11) is 0. The Labute approximate surface area is 142 Å². The van der Waals surface area contributed by atoms with Gasteiger partial charge < -0.3 is 14.5 Å². The SMILES string of the molecule is Cc1csc2oc(CCNC(=O)OCc3ccccc3)nc(=O)c12. The van der Waals surface area contributed by atoms with Crippen LogP contribution in [0.1, 0.15) is 17.0 Å². The molecule has 24 heavy (non-hydrogen) atoms. The highest BCUT2D eigenvalue weighted by atomic mass is 32.1. The van der Waals surface area contributed by atoms with Gasteiger partial charge in [-0.15, -0.1) is 11.3 Å². The molecular weight excluding hydrogens is 328 g/mol. The van der Waals surface area contributed by atoms with Gasteiger partial charge >= 0.3 is 6.09 Å². The standard InChI is InChI=1S/C17H16N2O4S/c1-11-10-24-16-14(11)15(20)19-13(23-16)7-8-18-17(21)22-9-12-5-3-2-4-6-12/h2-6,10H,7-9H2,1H3,(H,18,21). The Morgan fingerprint density at radius 2 is 2.12 bits per heavy atom. The highest BCUT2D eigenvalue weighted by molar-refractivity contribution is 7.16. The third-order valence-electron chi connectivity index (χ3n) is 3.41. The molecule has 3 aromatic rings. The van der Waals surface area contributed by atoms with Gasteiger partial charge in [-0.2, -0.15) is 4.98 Å². The molecule has 0 fully saturated rings. The molecule has 6 nitrogen and oxygen atoms in total. The fraction of sp³-hybridized carbons (Fsp3) is 0.235. The number of nitrogens with zero attached hydrogens (tertiary/aromatic N) is 1. The number of nitrogens with one attached hydrogen (secondary N) is 1. The highest BCUT2D eigenvalue weighted by Gasteiger charge is 2.11. The molecule has 0 bridgehead atoms. The van der Waals surface area contributed by atoms with Crippen LogP contribution in [0.2, 0.25) is 0 Å². The minimum absolute atomic E-state index is 0.209. The van der Waals surface area contributed by atoms with Gasteiger partial charge in [-0.25, -0.2) is 4.79 Å². The molecule has 0 saturated heterocycles. The van der Waals surface area contributed by atoms with Crippen LogP contribution in [0, 0.1) is 6.92 Å². The molecule has 0 unspecified atom stereocenters. The minimum atomic E-state index is -0.519. The van der Waals surface area contributed by atoms with Crippen molar-refractivity contribution in [3.05, 3.63) is 63.1 Å². The third kappa shape index (κ3) is 3.80. The molecule has 0 aliphatic heterocycles. The van der Waals surface area contributed by atoms with Gasteiger partial charge in [0.05, 0.1) is 5.39 Å². The first-order valence-electron chi connectivity index (χ1n) is 7.46. The number of alkyl carbamates (subject to hydrolysis) is 1. The van der Waals surface area contributed by atoms with E-state index in [4.69, 9.17) is 9.15 Å². The van der Waals surface area contributed by atoms with Crippen molar-refractivity contribution in [1.82, 2.24) is 10.3 Å². The van der Waals surface area contributed by atoms with Crippen LogP contribution >= 0.6 is 11.3 Å². The summed E-state index contributed by atoms with van der Waals surface area (Å²) >= 11 is 1.37. The zero-order chi connectivity index (χ0) is 16.9. The second-order valence-corrected chi connectivity index (χ2v) is 6.07. The first kappa shape index (κ1) is 16.2. The van der Waals surface area contributed by atoms with Crippen LogP contribution in [0.4, 0.5) is 4.79 Å². The van der Waals surface area contributed by atoms with Crippen molar-refractivity contribution in [2.45, 2.75) is 20.0 Å². The van der Waals surface area contributed by atoms with Gasteiger partial charge in [-0.3, -0.25) is 4.79 Å². The maximum Gasteiger partial charge on any atom is 0.407 e. The third-order valence-corrected chi connectivity index (χ3v) is 4.39. The number of amides is 1. The normalized spacial score (nSPS) is 10.7. The number of rotatable bonds is 5. The van der Waals surface area contributed by atoms with E-state index in [9.17, 15) is 9.59 Å². The first-order chi connectivity index (χ1) is 11.6. The number of aryl methyl sites for hydroxylation is 1. The number of hydrogen-bond acceptors (Lipinski definition) is 6. The molecule has 0 saturated carbocycles. The van der Waals surface area contributed by atoms with Crippen LogP contribution in [-0.4, -0.2) is 17.6 Å². The lowest BCUT2D eigenvalue weighted by molar-refractivity contribution is 0.139. The van der Waals surface area contributed by atoms with E-state index in [1.807, 2.05) is 42.6 Å². The van der Waals surface area contributed by atoms with E-state index in [2.05, 4.69) is 10.3 Å². The Morgan fingerprint density at radius 3 is 2.92 bits per heavy atom. The Morgan fingerprint density at radius 1 is 1.33 bits per heavy atom. The van der Waals surface area contributed by atoms with Gasteiger partial charge in [0.2, 0.25) is 5.89 Å². The van der Waals surface area contributed by atoms with Gasteiger partial charge in [0, 0.05) is 13.0 Å². The van der Waals surface area contributed by atoms with Gasteiger partial charge in [-0.1, -0.05) is 30.3 Å². The molecule has 0 aliphatic rings. The van der Waals surface area contributed by atoms with E-state index in [1.54, 1.807) is 0 Å². The number of ether oxygens (including phenoxy) is 1. The molecule has 0 spiro atoms. The molecule has 2 aromatic heterocycles. The summed E-state index contributed by atoms with van der Waals surface area (Å²) in [4.78, 5) is 28.1. The molecule has 7 heteroatoms. The lowest BCUT2D eigenvalue weighted by atomic mass is 10.2. The summed E-state index contributed by atoms with van der Waals surface area (Å²) in [5.74, 6) is 0.303. The first-order valence-corrected chi connectivity index (χ1v) is 8.34. The fourth-order valence-corrected chi connectivity index (χ4v) is 3.12. The van der Waals surface area contributed by atoms with Crippen LogP contribution in [0.3, 0.4) is 0 Å². The number of benzene rings is 1. The lowest BCUT2D eigenvalue weighted by Crippen LogP contribution is -2.27. The average molecular weight is 344 g/mol. The molecule has 124 valence electrons. The Bertz CT molecular complexity index is 902. The topological polar surface area (TPSA) is 81.4 Å². The quantitative estimate of drug-likeness (QED) is 0.769. The Hall–Kier alpha value is -2.67. The van der Waals surface area contributed by atoms with Crippen LogP contribution in [0.25, 0.3) is 10.3 Å². The van der Waals surface area contributed by atoms with Gasteiger partial charge in [0.25, 0.3) is 5.56 Å². The van der Waals surface area contributed by atoms with E-state index < -0.39 is 6.09 Å². The smallest absolute Gasteiger partial charge is 0.407 e. The predicted octanol–water partition coefficient (Wildman–Crippen LogP) is 3.03. The van der Waals surface area contributed by atoms with Crippen LogP contribution in [0.15, 0.2) is 44.9 Å². The van der Waals surface area contributed by atoms with Crippen molar-refractivity contribution < 1.29 is 13.9 Å². The molecular formula is C17H16N2O4S. The number of carbonyl (C=O) groups is 1. The van der Waals surface area contributed by atoms with Crippen molar-refractivity contribution in [1.29, 1.82) is 0 Å². The maximum absolute atomic E-state index is 12.0. The summed E-state index contributed by atoms with van der Waals surface area (Å²) in [6.07, 6.45) is -0.197. The number of fused-ring (bicyclic) bond motifs is 1. The number of hydrogen-bond donors (Lipinski definition) is 1. The molecule has 0 aliphatic carbocycles. The molecule has 3 rings (SSSR count). The average Bonchev–Trinajstić information content (AvgIpc) is 2.95. The van der Waals surface area contributed by atoms with Crippen molar-refractivity contribution in [2.75, 3.05) is 6.54 Å². The second kappa shape index (κ2) is 7.27. The zero-order valence-corrected chi connectivity index (χ0v) is 13.9. The number of aromatic nitrogens is 1. The summed E-state index contributed by atoms with van der Waals surface area (Å²) < 4.78 is 10.7. The largest absolute Gasteiger partial charge is 0.445 e.